The lowest BCUT2D eigenvalue weighted by Gasteiger charge is -2.29. The van der Waals surface area contributed by atoms with E-state index in [1.807, 2.05) is 54.1 Å². The summed E-state index contributed by atoms with van der Waals surface area (Å²) in [5, 5.41) is 13.7. The first-order valence-electron chi connectivity index (χ1n) is 12.7. The van der Waals surface area contributed by atoms with Gasteiger partial charge in [-0.25, -0.2) is 4.68 Å². The van der Waals surface area contributed by atoms with E-state index in [2.05, 4.69) is 51.4 Å². The summed E-state index contributed by atoms with van der Waals surface area (Å²) in [5.41, 5.74) is 4.73. The van der Waals surface area contributed by atoms with Crippen molar-refractivity contribution in [3.05, 3.63) is 105 Å². The number of pyridine rings is 1. The molecule has 2 aromatic carbocycles. The number of fused-ring (bicyclic) bond motifs is 1. The molecular weight excluding hydrogens is 480 g/mol. The number of hydrogen-bond donors (Lipinski definition) is 1. The highest BCUT2D eigenvalue weighted by atomic mass is 16.5. The zero-order valence-electron chi connectivity index (χ0n) is 22.1. The average molecular weight is 513 g/mol. The summed E-state index contributed by atoms with van der Waals surface area (Å²) >= 11 is 0. The lowest BCUT2D eigenvalue weighted by Crippen LogP contribution is -2.32. The third kappa shape index (κ3) is 5.38. The zero-order valence-corrected chi connectivity index (χ0v) is 22.1. The molecule has 0 saturated heterocycles. The van der Waals surface area contributed by atoms with Gasteiger partial charge in [0.1, 0.15) is 11.5 Å². The summed E-state index contributed by atoms with van der Waals surface area (Å²) < 4.78 is 12.8. The van der Waals surface area contributed by atoms with Crippen molar-refractivity contribution in [1.29, 1.82) is 0 Å². The van der Waals surface area contributed by atoms with E-state index >= 15 is 0 Å². The number of hydrogen-bond acceptors (Lipinski definition) is 7. The highest BCUT2D eigenvalue weighted by Crippen LogP contribution is 2.27. The number of benzene rings is 2. The van der Waals surface area contributed by atoms with Gasteiger partial charge in [-0.1, -0.05) is 30.7 Å². The number of tetrazole rings is 1. The lowest BCUT2D eigenvalue weighted by molar-refractivity contribution is 0.149. The van der Waals surface area contributed by atoms with Gasteiger partial charge in [-0.05, 0) is 83.6 Å². The Bertz CT molecular complexity index is 1570. The van der Waals surface area contributed by atoms with Crippen LogP contribution in [-0.4, -0.2) is 37.2 Å². The molecule has 0 radical (unpaired) electrons. The van der Waals surface area contributed by atoms with Crippen LogP contribution in [0.2, 0.25) is 0 Å². The Morgan fingerprint density at radius 3 is 2.63 bits per heavy atom. The Morgan fingerprint density at radius 1 is 1.11 bits per heavy atom. The first-order chi connectivity index (χ1) is 18.4. The first-order valence-corrected chi connectivity index (χ1v) is 12.7. The third-order valence-electron chi connectivity index (χ3n) is 6.86. The van der Waals surface area contributed by atoms with Gasteiger partial charge >= 0.3 is 0 Å². The summed E-state index contributed by atoms with van der Waals surface area (Å²) in [6, 6.07) is 17.7. The minimum Gasteiger partial charge on any atom is -0.497 e. The molecule has 9 nitrogen and oxygen atoms in total. The maximum absolute atomic E-state index is 13.2. The second kappa shape index (κ2) is 11.0. The van der Waals surface area contributed by atoms with Crippen LogP contribution < -0.4 is 10.3 Å². The summed E-state index contributed by atoms with van der Waals surface area (Å²) in [7, 11) is 1.65. The number of aromatic amines is 1. The Balaban J connectivity index is 1.50. The third-order valence-corrected chi connectivity index (χ3v) is 6.86. The molecule has 0 fully saturated rings. The molecular formula is C29H32N6O3. The molecule has 5 aromatic rings. The van der Waals surface area contributed by atoms with Crippen LogP contribution in [-0.2, 0) is 19.6 Å². The summed E-state index contributed by atoms with van der Waals surface area (Å²) in [6.07, 6.45) is 2.41. The number of nitrogens with one attached hydrogen (secondary N) is 1. The van der Waals surface area contributed by atoms with E-state index in [4.69, 9.17) is 9.15 Å². The van der Waals surface area contributed by atoms with Crippen molar-refractivity contribution in [2.45, 2.75) is 52.9 Å². The Labute approximate surface area is 221 Å². The van der Waals surface area contributed by atoms with Gasteiger partial charge in [-0.15, -0.1) is 5.10 Å². The van der Waals surface area contributed by atoms with Crippen molar-refractivity contribution in [3.8, 4) is 5.75 Å². The summed E-state index contributed by atoms with van der Waals surface area (Å²) in [6.45, 7) is 7.62. The number of ether oxygens (including phenoxy) is 1. The van der Waals surface area contributed by atoms with E-state index in [0.29, 0.717) is 25.2 Å². The van der Waals surface area contributed by atoms with Gasteiger partial charge in [0.05, 0.1) is 38.0 Å². The molecule has 1 N–H and O–H groups in total. The fourth-order valence-electron chi connectivity index (χ4n) is 5.02. The molecule has 3 heterocycles. The molecule has 0 aliphatic heterocycles. The van der Waals surface area contributed by atoms with E-state index in [0.717, 1.165) is 51.3 Å². The maximum atomic E-state index is 13.2. The van der Waals surface area contributed by atoms with Crippen LogP contribution in [0, 0.1) is 13.8 Å². The quantitative estimate of drug-likeness (QED) is 0.283. The molecule has 1 atom stereocenters. The van der Waals surface area contributed by atoms with Crippen LogP contribution in [0.1, 0.15) is 53.2 Å². The molecule has 3 aromatic heterocycles. The highest BCUT2D eigenvalue weighted by molar-refractivity contribution is 5.82. The first kappa shape index (κ1) is 25.4. The Kier molecular flexibility index (Phi) is 7.37. The van der Waals surface area contributed by atoms with Crippen LogP contribution >= 0.6 is 0 Å². The van der Waals surface area contributed by atoms with Crippen molar-refractivity contribution in [2.24, 2.45) is 0 Å². The molecule has 0 amide bonds. The molecule has 0 aliphatic rings. The van der Waals surface area contributed by atoms with E-state index in [9.17, 15) is 4.79 Å². The SMILES string of the molecule is CC[C@H](c1nnnn1Cc1ccc(OC)cc1)N(Cc1ccco1)Cc1cc2cc(C)cc(C)c2[nH]c1=O. The predicted molar refractivity (Wildman–Crippen MR) is 145 cm³/mol. The van der Waals surface area contributed by atoms with Crippen LogP contribution in [0.25, 0.3) is 10.9 Å². The zero-order chi connectivity index (χ0) is 26.6. The molecule has 0 aliphatic carbocycles. The van der Waals surface area contributed by atoms with Crippen molar-refractivity contribution in [3.63, 3.8) is 0 Å². The summed E-state index contributed by atoms with van der Waals surface area (Å²) in [4.78, 5) is 18.5. The van der Waals surface area contributed by atoms with Crippen molar-refractivity contribution >= 4 is 10.9 Å². The van der Waals surface area contributed by atoms with E-state index in [1.54, 1.807) is 13.4 Å². The topological polar surface area (TPSA) is 102 Å². The molecule has 196 valence electrons. The number of H-pyrrole nitrogens is 1. The van der Waals surface area contributed by atoms with Crippen LogP contribution in [0.3, 0.4) is 0 Å². The van der Waals surface area contributed by atoms with E-state index in [-0.39, 0.29) is 11.6 Å². The van der Waals surface area contributed by atoms with Crippen LogP contribution in [0.15, 0.2) is 70.1 Å². The lowest BCUT2D eigenvalue weighted by atomic mass is 10.0. The predicted octanol–water partition coefficient (Wildman–Crippen LogP) is 4.93. The Hall–Kier alpha value is -4.24. The second-order valence-electron chi connectivity index (χ2n) is 9.62. The number of furan rings is 1. The molecule has 0 spiro atoms. The molecule has 5 rings (SSSR count). The minimum atomic E-state index is -0.150. The van der Waals surface area contributed by atoms with Crippen molar-refractivity contribution < 1.29 is 9.15 Å². The van der Waals surface area contributed by atoms with Crippen molar-refractivity contribution in [1.82, 2.24) is 30.1 Å². The van der Waals surface area contributed by atoms with Gasteiger partial charge in [0.25, 0.3) is 5.56 Å². The largest absolute Gasteiger partial charge is 0.497 e. The standard InChI is InChI=1S/C29H32N6O3/c1-5-26(28-31-32-33-35(28)16-21-8-10-24(37-4)11-9-21)34(18-25-7-6-12-38-25)17-23-15-22-14-19(2)13-20(3)27(22)30-29(23)36/h6-15,26H,5,16-18H2,1-4H3,(H,30,36)/t26-/m1/s1. The number of methoxy groups -OCH3 is 1. The van der Waals surface area contributed by atoms with Gasteiger partial charge in [0.15, 0.2) is 5.82 Å². The van der Waals surface area contributed by atoms with E-state index < -0.39 is 0 Å². The fourth-order valence-corrected chi connectivity index (χ4v) is 5.02. The normalized spacial score (nSPS) is 12.3. The van der Waals surface area contributed by atoms with Gasteiger partial charge in [0, 0.05) is 12.1 Å². The van der Waals surface area contributed by atoms with Crippen molar-refractivity contribution in [2.75, 3.05) is 7.11 Å². The maximum Gasteiger partial charge on any atom is 0.252 e. The van der Waals surface area contributed by atoms with E-state index in [1.165, 1.54) is 0 Å². The number of rotatable bonds is 10. The van der Waals surface area contributed by atoms with Gasteiger partial charge in [-0.3, -0.25) is 9.69 Å². The number of nitrogens with zero attached hydrogens (tertiary/aromatic N) is 5. The average Bonchev–Trinajstić information content (AvgIpc) is 3.58. The molecule has 38 heavy (non-hydrogen) atoms. The molecule has 0 unspecified atom stereocenters. The number of aryl methyl sites for hydroxylation is 2. The van der Waals surface area contributed by atoms with Crippen LogP contribution in [0.5, 0.6) is 5.75 Å². The monoisotopic (exact) mass is 512 g/mol. The molecule has 0 bridgehead atoms. The minimum absolute atomic E-state index is 0.0958. The molecule has 0 saturated carbocycles. The molecule has 9 heteroatoms. The smallest absolute Gasteiger partial charge is 0.252 e. The fraction of sp³-hybridized carbons (Fsp3) is 0.310. The number of aromatic nitrogens is 5. The van der Waals surface area contributed by atoms with Gasteiger partial charge in [0.2, 0.25) is 0 Å². The van der Waals surface area contributed by atoms with Crippen LogP contribution in [0.4, 0.5) is 0 Å². The highest BCUT2D eigenvalue weighted by Gasteiger charge is 2.27. The second-order valence-corrected chi connectivity index (χ2v) is 9.62. The Morgan fingerprint density at radius 2 is 1.92 bits per heavy atom. The summed E-state index contributed by atoms with van der Waals surface area (Å²) in [5.74, 6) is 2.34. The van der Waals surface area contributed by atoms with Gasteiger partial charge < -0.3 is 14.1 Å². The van der Waals surface area contributed by atoms with Gasteiger partial charge in [-0.2, -0.15) is 0 Å².